The maximum absolute atomic E-state index is 14.2. The molecule has 0 saturated carbocycles. The molecule has 0 spiro atoms. The van der Waals surface area contributed by atoms with Gasteiger partial charge in [-0.1, -0.05) is 41.1 Å². The summed E-state index contributed by atoms with van der Waals surface area (Å²) in [6.07, 6.45) is 9.44. The van der Waals surface area contributed by atoms with Crippen molar-refractivity contribution in [1.29, 1.82) is 0 Å². The van der Waals surface area contributed by atoms with Crippen molar-refractivity contribution in [2.24, 2.45) is 5.92 Å². The Balaban J connectivity index is 0.756. The monoisotopic (exact) mass is 854 g/mol. The van der Waals surface area contributed by atoms with Crippen LogP contribution >= 0.6 is 23.2 Å². The van der Waals surface area contributed by atoms with Crippen molar-refractivity contribution in [2.45, 2.75) is 76.6 Å². The topological polar surface area (TPSA) is 156 Å². The van der Waals surface area contributed by atoms with E-state index in [0.29, 0.717) is 49.4 Å². The van der Waals surface area contributed by atoms with Gasteiger partial charge in [-0.05, 0) is 81.5 Å². The van der Waals surface area contributed by atoms with Crippen molar-refractivity contribution in [1.82, 2.24) is 34.8 Å². The molecule has 3 N–H and O–H groups in total. The van der Waals surface area contributed by atoms with Gasteiger partial charge in [0.2, 0.25) is 17.7 Å². The Bertz CT molecular complexity index is 2400. The van der Waals surface area contributed by atoms with Crippen LogP contribution < -0.4 is 15.8 Å². The van der Waals surface area contributed by atoms with Gasteiger partial charge in [-0.3, -0.25) is 29.2 Å². The Kier molecular flexibility index (Phi) is 12.1. The molecule has 3 saturated heterocycles. The Morgan fingerprint density at radius 3 is 2.65 bits per heavy atom. The zero-order valence-corrected chi connectivity index (χ0v) is 34.6. The van der Waals surface area contributed by atoms with E-state index in [0.717, 1.165) is 67.6 Å². The van der Waals surface area contributed by atoms with Gasteiger partial charge in [0.05, 0.1) is 23.2 Å². The van der Waals surface area contributed by atoms with E-state index in [9.17, 15) is 23.6 Å². The van der Waals surface area contributed by atoms with E-state index in [2.05, 4.69) is 32.1 Å². The molecule has 2 aromatic heterocycles. The van der Waals surface area contributed by atoms with Gasteiger partial charge in [0, 0.05) is 90.8 Å². The molecular weight excluding hydrogens is 810 g/mol. The number of nitrogen functional groups attached to an aromatic ring is 1. The van der Waals surface area contributed by atoms with E-state index in [1.54, 1.807) is 36.4 Å². The molecule has 16 heteroatoms. The number of hydrogen-bond acceptors (Lipinski definition) is 9. The van der Waals surface area contributed by atoms with Crippen molar-refractivity contribution >= 4 is 52.6 Å². The van der Waals surface area contributed by atoms with Crippen molar-refractivity contribution in [2.75, 3.05) is 38.5 Å². The summed E-state index contributed by atoms with van der Waals surface area (Å²) in [5.74, 6) is 5.70. The third-order valence-corrected chi connectivity index (χ3v) is 12.6. The number of amides is 4. The molecule has 3 fully saturated rings. The number of piperidine rings is 2. The molecular formula is C44H45Cl2FN8O5. The number of anilines is 1. The van der Waals surface area contributed by atoms with Gasteiger partial charge in [0.25, 0.3) is 5.91 Å². The minimum Gasteiger partial charge on any atom is -0.482 e. The summed E-state index contributed by atoms with van der Waals surface area (Å²) in [6, 6.07) is 9.39. The lowest BCUT2D eigenvalue weighted by atomic mass is 9.95. The molecule has 2 atom stereocenters. The van der Waals surface area contributed by atoms with Crippen LogP contribution in [0.5, 0.6) is 5.75 Å². The van der Waals surface area contributed by atoms with E-state index in [4.69, 9.17) is 33.7 Å². The number of imide groups is 1. The van der Waals surface area contributed by atoms with Gasteiger partial charge < -0.3 is 25.2 Å². The van der Waals surface area contributed by atoms with Crippen LogP contribution in [-0.2, 0) is 20.9 Å². The number of rotatable bonds is 11. The fourth-order valence-corrected chi connectivity index (χ4v) is 9.16. The lowest BCUT2D eigenvalue weighted by molar-refractivity contribution is -0.142. The maximum atomic E-state index is 14.2. The molecule has 4 aliphatic rings. The summed E-state index contributed by atoms with van der Waals surface area (Å²) in [6.45, 7) is 5.81. The number of nitrogens with two attached hydrogens (primary N) is 1. The summed E-state index contributed by atoms with van der Waals surface area (Å²) in [5.41, 5.74) is 10.2. The smallest absolute Gasteiger partial charge is 0.255 e. The van der Waals surface area contributed by atoms with Crippen molar-refractivity contribution in [3.8, 4) is 28.7 Å². The Hall–Kier alpha value is -5.49. The number of aromatic nitrogens is 3. The highest BCUT2D eigenvalue weighted by atomic mass is 35.5. The van der Waals surface area contributed by atoms with E-state index >= 15 is 0 Å². The van der Waals surface area contributed by atoms with Crippen LogP contribution in [0.2, 0.25) is 10.0 Å². The summed E-state index contributed by atoms with van der Waals surface area (Å²) >= 11 is 12.5. The second-order valence-electron chi connectivity index (χ2n) is 15.8. The number of carbonyl (C=O) groups excluding carboxylic acids is 4. The zero-order valence-electron chi connectivity index (χ0n) is 33.1. The molecule has 4 aromatic rings. The summed E-state index contributed by atoms with van der Waals surface area (Å²) in [7, 11) is 0. The average Bonchev–Trinajstić information content (AvgIpc) is 3.85. The van der Waals surface area contributed by atoms with Crippen LogP contribution in [-0.4, -0.2) is 91.9 Å². The number of nitrogens with one attached hydrogen (secondary N) is 1. The number of ether oxygens (including phenoxy) is 1. The molecule has 312 valence electrons. The Labute approximate surface area is 357 Å². The second kappa shape index (κ2) is 17.6. The van der Waals surface area contributed by atoms with Crippen LogP contribution in [0.25, 0.3) is 11.1 Å². The zero-order chi connectivity index (χ0) is 42.1. The van der Waals surface area contributed by atoms with Crippen molar-refractivity contribution < 1.29 is 28.3 Å². The largest absolute Gasteiger partial charge is 0.482 e. The molecule has 4 amide bonds. The Morgan fingerprint density at radius 2 is 1.87 bits per heavy atom. The standard InChI is InChI=1S/C44H45Cl2FN8O5/c1-26(39-34(45)10-11-35(47)40(39)46)60-37-19-28(20-49-41(37)48)29-21-50-55(24-29)31-14-17-53(18-15-31)43(58)30-22-52(23-30)16-5-3-2-4-7-27-8-6-9-32-33(27)25-54(44(32)59)36-12-13-38(56)51-42(36)57/h6,8-11,19-21,24,26,30-31,36H,2-3,5,12-18,22-23,25H2,1H3,(H2,48,49)(H,51,56,57)/t26-,36?/m1/s1. The van der Waals surface area contributed by atoms with Crippen LogP contribution in [0.3, 0.4) is 0 Å². The van der Waals surface area contributed by atoms with E-state index < -0.39 is 23.9 Å². The summed E-state index contributed by atoms with van der Waals surface area (Å²) in [5, 5.41) is 7.16. The fourth-order valence-electron chi connectivity index (χ4n) is 8.49. The van der Waals surface area contributed by atoms with Gasteiger partial charge >= 0.3 is 0 Å². The van der Waals surface area contributed by atoms with Crippen molar-refractivity contribution in [3.63, 3.8) is 0 Å². The molecule has 1 unspecified atom stereocenters. The van der Waals surface area contributed by atoms with E-state index in [1.165, 1.54) is 12.1 Å². The normalized spacial score (nSPS) is 19.1. The highest BCUT2D eigenvalue weighted by Crippen LogP contribution is 2.37. The molecule has 2 aromatic carbocycles. The molecule has 0 radical (unpaired) electrons. The highest BCUT2D eigenvalue weighted by Gasteiger charge is 2.40. The van der Waals surface area contributed by atoms with Crippen molar-refractivity contribution in [3.05, 3.63) is 93.1 Å². The van der Waals surface area contributed by atoms with Gasteiger partial charge in [0.1, 0.15) is 18.0 Å². The number of likely N-dealkylation sites (tertiary alicyclic amines) is 2. The third-order valence-electron chi connectivity index (χ3n) is 11.9. The molecule has 0 bridgehead atoms. The van der Waals surface area contributed by atoms with Gasteiger partial charge in [-0.25, -0.2) is 9.37 Å². The van der Waals surface area contributed by atoms with Crippen LogP contribution in [0.4, 0.5) is 10.2 Å². The fraction of sp³-hybridized carbons (Fsp3) is 0.409. The number of unbranched alkanes of at least 4 members (excludes halogenated alkanes) is 2. The molecule has 0 aliphatic carbocycles. The third kappa shape index (κ3) is 8.57. The molecule has 4 aliphatic heterocycles. The van der Waals surface area contributed by atoms with Gasteiger partial charge in [-0.2, -0.15) is 5.10 Å². The van der Waals surface area contributed by atoms with Crippen LogP contribution in [0, 0.1) is 23.6 Å². The number of benzene rings is 2. The van der Waals surface area contributed by atoms with Gasteiger partial charge in [0.15, 0.2) is 11.6 Å². The first-order valence-corrected chi connectivity index (χ1v) is 21.1. The summed E-state index contributed by atoms with van der Waals surface area (Å²) in [4.78, 5) is 60.6. The van der Waals surface area contributed by atoms with E-state index in [1.807, 2.05) is 27.9 Å². The number of hydrogen-bond donors (Lipinski definition) is 2. The second-order valence-corrected chi connectivity index (χ2v) is 16.6. The molecule has 8 rings (SSSR count). The highest BCUT2D eigenvalue weighted by molar-refractivity contribution is 6.36. The molecule has 13 nitrogen and oxygen atoms in total. The first kappa shape index (κ1) is 41.3. The van der Waals surface area contributed by atoms with Gasteiger partial charge in [-0.15, -0.1) is 0 Å². The quantitative estimate of drug-likeness (QED) is 0.0778. The van der Waals surface area contributed by atoms with Crippen LogP contribution in [0.1, 0.15) is 91.1 Å². The number of carbonyl (C=O) groups is 4. The average molecular weight is 856 g/mol. The number of nitrogens with zero attached hydrogens (tertiary/aromatic N) is 6. The minimum absolute atomic E-state index is 0.0189. The lowest BCUT2D eigenvalue weighted by Crippen LogP contribution is -2.55. The number of halogens is 3. The van der Waals surface area contributed by atoms with Crippen LogP contribution in [0.15, 0.2) is 55.0 Å². The number of fused-ring (bicyclic) bond motifs is 1. The van der Waals surface area contributed by atoms with E-state index in [-0.39, 0.29) is 52.0 Å². The predicted molar refractivity (Wildman–Crippen MR) is 223 cm³/mol. The SMILES string of the molecule is C[C@@H](Oc1cc(-c2cnn(C3CCN(C(=O)C4CN(CCCCC#Cc5cccc6c5CN(C5CCC(=O)NC5=O)C6=O)C4)CC3)c2)cnc1N)c1c(Cl)ccc(F)c1Cl. The minimum atomic E-state index is -0.696. The number of pyridine rings is 1. The lowest BCUT2D eigenvalue weighted by Gasteiger charge is -2.42. The molecule has 60 heavy (non-hydrogen) atoms. The first-order valence-electron chi connectivity index (χ1n) is 20.3. The molecule has 6 heterocycles. The first-order chi connectivity index (χ1) is 28.9. The predicted octanol–water partition coefficient (Wildman–Crippen LogP) is 6.19. The Morgan fingerprint density at radius 1 is 1.07 bits per heavy atom. The maximum Gasteiger partial charge on any atom is 0.255 e. The summed E-state index contributed by atoms with van der Waals surface area (Å²) < 4.78 is 22.2.